The third-order valence-corrected chi connectivity index (χ3v) is 4.50. The minimum atomic E-state index is 0. The van der Waals surface area contributed by atoms with Crippen molar-refractivity contribution in [1.82, 2.24) is 15.2 Å². The van der Waals surface area contributed by atoms with Crippen molar-refractivity contribution in [1.29, 1.82) is 0 Å². The number of ether oxygens (including phenoxy) is 1. The smallest absolute Gasteiger partial charge is 0.268 e. The van der Waals surface area contributed by atoms with E-state index in [9.17, 15) is 4.79 Å². The van der Waals surface area contributed by atoms with E-state index in [1.54, 1.807) is 13.3 Å². The van der Waals surface area contributed by atoms with Crippen LogP contribution in [0.4, 0.5) is 0 Å². The van der Waals surface area contributed by atoms with E-state index in [0.717, 1.165) is 18.7 Å². The van der Waals surface area contributed by atoms with Crippen LogP contribution in [0.25, 0.3) is 0 Å². The highest BCUT2D eigenvalue weighted by atomic mass is 35.5. The van der Waals surface area contributed by atoms with Crippen LogP contribution in [0.15, 0.2) is 36.0 Å². The molecule has 1 N–H and O–H groups in total. The maximum absolute atomic E-state index is 12.8. The Morgan fingerprint density at radius 1 is 1.50 bits per heavy atom. The second-order valence-electron chi connectivity index (χ2n) is 4.82. The lowest BCUT2D eigenvalue weighted by Crippen LogP contribution is -2.48. The molecule has 7 heteroatoms. The number of amides is 1. The molecule has 3 heterocycles. The van der Waals surface area contributed by atoms with E-state index >= 15 is 0 Å². The van der Waals surface area contributed by atoms with E-state index in [-0.39, 0.29) is 24.4 Å². The van der Waals surface area contributed by atoms with Crippen LogP contribution in [0.3, 0.4) is 0 Å². The fraction of sp³-hybridized carbons (Fsp3) is 0.333. The van der Waals surface area contributed by atoms with Gasteiger partial charge in [-0.3, -0.25) is 9.78 Å². The van der Waals surface area contributed by atoms with Crippen molar-refractivity contribution in [3.63, 3.8) is 0 Å². The maximum atomic E-state index is 12.8. The lowest BCUT2D eigenvalue weighted by Gasteiger charge is -2.36. The molecular weight excluding hydrogens is 322 g/mol. The number of carbonyl (C=O) groups is 1. The summed E-state index contributed by atoms with van der Waals surface area (Å²) in [6.45, 7) is 2.22. The number of pyridine rings is 1. The van der Waals surface area contributed by atoms with Gasteiger partial charge >= 0.3 is 0 Å². The summed E-state index contributed by atoms with van der Waals surface area (Å²) in [7, 11) is 1.59. The van der Waals surface area contributed by atoms with Crippen molar-refractivity contribution in [3.05, 3.63) is 46.4 Å². The van der Waals surface area contributed by atoms with Crippen LogP contribution < -0.4 is 10.1 Å². The fourth-order valence-electron chi connectivity index (χ4n) is 2.56. The molecule has 1 amide bonds. The number of aromatic nitrogens is 1. The molecule has 1 atom stereocenters. The zero-order valence-electron chi connectivity index (χ0n) is 12.2. The predicted octanol–water partition coefficient (Wildman–Crippen LogP) is 2.36. The first kappa shape index (κ1) is 16.7. The molecule has 1 fully saturated rings. The van der Waals surface area contributed by atoms with Gasteiger partial charge in [-0.2, -0.15) is 0 Å². The summed E-state index contributed by atoms with van der Waals surface area (Å²) in [6, 6.07) is 5.75. The Morgan fingerprint density at radius 2 is 2.36 bits per heavy atom. The number of nitrogens with zero attached hydrogens (tertiary/aromatic N) is 2. The second kappa shape index (κ2) is 7.58. The number of methoxy groups -OCH3 is 1. The number of carbonyl (C=O) groups excluding carboxylic acids is 1. The summed E-state index contributed by atoms with van der Waals surface area (Å²) in [5.74, 6) is 0.672. The van der Waals surface area contributed by atoms with Gasteiger partial charge in [0.15, 0.2) is 0 Å². The molecular formula is C15H18ClN3O2S. The average molecular weight is 340 g/mol. The highest BCUT2D eigenvalue weighted by molar-refractivity contribution is 7.12. The van der Waals surface area contributed by atoms with Crippen molar-refractivity contribution in [3.8, 4) is 5.75 Å². The molecule has 0 saturated carbocycles. The highest BCUT2D eigenvalue weighted by Crippen LogP contribution is 2.30. The van der Waals surface area contributed by atoms with Crippen LogP contribution in [-0.4, -0.2) is 42.5 Å². The van der Waals surface area contributed by atoms with Crippen LogP contribution in [0.2, 0.25) is 0 Å². The second-order valence-corrected chi connectivity index (χ2v) is 5.74. The van der Waals surface area contributed by atoms with Crippen LogP contribution in [-0.2, 0) is 0 Å². The van der Waals surface area contributed by atoms with Crippen molar-refractivity contribution in [2.45, 2.75) is 6.04 Å². The van der Waals surface area contributed by atoms with Gasteiger partial charge in [0.1, 0.15) is 10.6 Å². The molecule has 1 aliphatic rings. The van der Waals surface area contributed by atoms with Gasteiger partial charge in [0.2, 0.25) is 0 Å². The van der Waals surface area contributed by atoms with E-state index in [2.05, 4.69) is 10.3 Å². The number of hydrogen-bond donors (Lipinski definition) is 1. The number of rotatable bonds is 3. The SMILES string of the molecule is COc1ccsc1C(=O)N1CCNCC1c1cccnc1.Cl. The molecule has 2 aromatic heterocycles. The summed E-state index contributed by atoms with van der Waals surface area (Å²) >= 11 is 1.42. The number of piperazine rings is 1. The molecule has 0 radical (unpaired) electrons. The van der Waals surface area contributed by atoms with Crippen LogP contribution in [0.1, 0.15) is 21.3 Å². The standard InChI is InChI=1S/C15H17N3O2S.ClH/c1-20-13-4-8-21-14(13)15(19)18-7-6-17-10-12(18)11-3-2-5-16-9-11;/h2-5,8-9,12,17H,6-7,10H2,1H3;1H. The molecule has 5 nitrogen and oxygen atoms in total. The van der Waals surface area contributed by atoms with E-state index in [1.165, 1.54) is 11.3 Å². The van der Waals surface area contributed by atoms with Crippen molar-refractivity contribution < 1.29 is 9.53 Å². The minimum Gasteiger partial charge on any atom is -0.495 e. The number of hydrogen-bond acceptors (Lipinski definition) is 5. The van der Waals surface area contributed by atoms with Gasteiger partial charge in [-0.1, -0.05) is 6.07 Å². The third-order valence-electron chi connectivity index (χ3n) is 3.62. The zero-order valence-corrected chi connectivity index (χ0v) is 13.8. The Labute approximate surface area is 139 Å². The van der Waals surface area contributed by atoms with Gasteiger partial charge in [-0.05, 0) is 23.1 Å². The molecule has 118 valence electrons. The molecule has 0 bridgehead atoms. The molecule has 2 aromatic rings. The summed E-state index contributed by atoms with van der Waals surface area (Å²) in [5, 5.41) is 5.22. The summed E-state index contributed by atoms with van der Waals surface area (Å²) < 4.78 is 5.27. The molecule has 1 saturated heterocycles. The predicted molar refractivity (Wildman–Crippen MR) is 89.0 cm³/mol. The maximum Gasteiger partial charge on any atom is 0.268 e. The Morgan fingerprint density at radius 3 is 3.09 bits per heavy atom. The average Bonchev–Trinajstić information content (AvgIpc) is 3.03. The lowest BCUT2D eigenvalue weighted by molar-refractivity contribution is 0.0636. The Hall–Kier alpha value is -1.63. The lowest BCUT2D eigenvalue weighted by atomic mass is 10.1. The molecule has 3 rings (SSSR count). The van der Waals surface area contributed by atoms with Gasteiger partial charge < -0.3 is 15.0 Å². The first-order chi connectivity index (χ1) is 10.3. The minimum absolute atomic E-state index is 0. The molecule has 1 unspecified atom stereocenters. The Bertz CT molecular complexity index is 620. The largest absolute Gasteiger partial charge is 0.495 e. The van der Waals surface area contributed by atoms with Gasteiger partial charge in [0.25, 0.3) is 5.91 Å². The van der Waals surface area contributed by atoms with Gasteiger partial charge in [0, 0.05) is 32.0 Å². The zero-order chi connectivity index (χ0) is 14.7. The molecule has 0 spiro atoms. The molecule has 0 aromatic carbocycles. The number of thiophene rings is 1. The van der Waals surface area contributed by atoms with E-state index in [1.807, 2.05) is 34.7 Å². The first-order valence-electron chi connectivity index (χ1n) is 6.84. The van der Waals surface area contributed by atoms with E-state index in [0.29, 0.717) is 17.2 Å². The Kier molecular flexibility index (Phi) is 5.76. The van der Waals surface area contributed by atoms with Crippen molar-refractivity contribution in [2.24, 2.45) is 0 Å². The summed E-state index contributed by atoms with van der Waals surface area (Å²) in [6.07, 6.45) is 3.57. The highest BCUT2D eigenvalue weighted by Gasteiger charge is 2.30. The third kappa shape index (κ3) is 3.24. The van der Waals surface area contributed by atoms with Crippen LogP contribution in [0.5, 0.6) is 5.75 Å². The van der Waals surface area contributed by atoms with Gasteiger partial charge in [-0.15, -0.1) is 23.7 Å². The van der Waals surface area contributed by atoms with E-state index < -0.39 is 0 Å². The summed E-state index contributed by atoms with van der Waals surface area (Å²) in [4.78, 5) is 19.6. The van der Waals surface area contributed by atoms with Crippen molar-refractivity contribution in [2.75, 3.05) is 26.7 Å². The summed E-state index contributed by atoms with van der Waals surface area (Å²) in [5.41, 5.74) is 1.05. The van der Waals surface area contributed by atoms with Gasteiger partial charge in [-0.25, -0.2) is 0 Å². The fourth-order valence-corrected chi connectivity index (χ4v) is 3.38. The Balaban J connectivity index is 0.00000176. The first-order valence-corrected chi connectivity index (χ1v) is 7.72. The van der Waals surface area contributed by atoms with Gasteiger partial charge in [0.05, 0.1) is 13.2 Å². The van der Waals surface area contributed by atoms with Crippen LogP contribution in [0, 0.1) is 0 Å². The quantitative estimate of drug-likeness (QED) is 0.932. The number of halogens is 1. The van der Waals surface area contributed by atoms with Crippen molar-refractivity contribution >= 4 is 29.7 Å². The normalized spacial score (nSPS) is 17.7. The molecule has 0 aliphatic carbocycles. The molecule has 1 aliphatic heterocycles. The van der Waals surface area contributed by atoms with E-state index in [4.69, 9.17) is 4.74 Å². The molecule has 22 heavy (non-hydrogen) atoms. The topological polar surface area (TPSA) is 54.5 Å². The monoisotopic (exact) mass is 339 g/mol. The number of nitrogens with one attached hydrogen (secondary N) is 1. The van der Waals surface area contributed by atoms with Crippen LogP contribution >= 0.6 is 23.7 Å².